The molecular weight excluding hydrogens is 334 g/mol. The Bertz CT molecular complexity index is 752. The Morgan fingerprint density at radius 1 is 1.30 bits per heavy atom. The summed E-state index contributed by atoms with van der Waals surface area (Å²) in [5, 5.41) is 21.1. The number of aromatic amines is 1. The highest BCUT2D eigenvalue weighted by atomic mass is 33.1. The van der Waals surface area contributed by atoms with Crippen molar-refractivity contribution in [3.05, 3.63) is 35.5 Å². The van der Waals surface area contributed by atoms with Gasteiger partial charge in [0.1, 0.15) is 6.07 Å². The van der Waals surface area contributed by atoms with Crippen molar-refractivity contribution in [3.63, 3.8) is 0 Å². The predicted octanol–water partition coefficient (Wildman–Crippen LogP) is 2.63. The molecule has 1 aromatic heterocycles. The van der Waals surface area contributed by atoms with Gasteiger partial charge >= 0.3 is 5.97 Å². The monoisotopic (exact) mass is 349 g/mol. The Morgan fingerprint density at radius 3 is 2.83 bits per heavy atom. The highest BCUT2D eigenvalue weighted by molar-refractivity contribution is 8.76. The fourth-order valence-electron chi connectivity index (χ4n) is 1.91. The lowest BCUT2D eigenvalue weighted by atomic mass is 10.1. The summed E-state index contributed by atoms with van der Waals surface area (Å²) < 4.78 is 0. The summed E-state index contributed by atoms with van der Waals surface area (Å²) in [4.78, 5) is 25.4. The summed E-state index contributed by atoms with van der Waals surface area (Å²) in [5.74, 6) is 0.261. The number of aliphatic carboxylic acids is 1. The molecule has 120 valence electrons. The molecule has 0 atom stereocenters. The maximum absolute atomic E-state index is 12.1. The Labute approximate surface area is 141 Å². The number of carboxylic acids is 1. The Kier molecular flexibility index (Phi) is 6.38. The van der Waals surface area contributed by atoms with Gasteiger partial charge in [-0.25, -0.2) is 0 Å². The van der Waals surface area contributed by atoms with Gasteiger partial charge < -0.3 is 15.4 Å². The molecule has 0 radical (unpaired) electrons. The maximum atomic E-state index is 12.1. The number of nitriles is 1. The topological polar surface area (TPSA) is 106 Å². The molecule has 1 aromatic carbocycles. The molecule has 1 amide bonds. The quantitative estimate of drug-likeness (QED) is 0.500. The third-order valence-corrected chi connectivity index (χ3v) is 5.43. The maximum Gasteiger partial charge on any atom is 0.304 e. The number of hydrogen-bond donors (Lipinski definition) is 3. The number of amides is 1. The van der Waals surface area contributed by atoms with Crippen LogP contribution in [0.5, 0.6) is 0 Å². The van der Waals surface area contributed by atoms with Crippen LogP contribution in [0.15, 0.2) is 24.4 Å². The molecule has 6 nitrogen and oxygen atoms in total. The molecule has 2 aromatic rings. The standard InChI is InChI=1S/C15H15N3O3S2/c16-8-11-9-18-13-2-1-10(7-12(11)13)15(21)17-4-6-23-22-5-3-14(19)20/h1-2,7,9,18H,3-6H2,(H,17,21)(H,19,20). The number of benzene rings is 1. The zero-order chi connectivity index (χ0) is 16.7. The van der Waals surface area contributed by atoms with E-state index < -0.39 is 5.97 Å². The molecule has 0 aliphatic rings. The smallest absolute Gasteiger partial charge is 0.304 e. The van der Waals surface area contributed by atoms with Crippen LogP contribution in [-0.4, -0.2) is 40.0 Å². The van der Waals surface area contributed by atoms with Gasteiger partial charge in [0, 0.05) is 40.7 Å². The first-order chi connectivity index (χ1) is 11.1. The Morgan fingerprint density at radius 2 is 2.09 bits per heavy atom. The van der Waals surface area contributed by atoms with E-state index in [4.69, 9.17) is 10.4 Å². The summed E-state index contributed by atoms with van der Waals surface area (Å²) >= 11 is 0. The van der Waals surface area contributed by atoms with Crippen LogP contribution < -0.4 is 5.32 Å². The molecule has 23 heavy (non-hydrogen) atoms. The first-order valence-corrected chi connectivity index (χ1v) is 9.36. The first kappa shape index (κ1) is 17.2. The van der Waals surface area contributed by atoms with E-state index in [2.05, 4.69) is 16.4 Å². The first-order valence-electron chi connectivity index (χ1n) is 6.87. The van der Waals surface area contributed by atoms with E-state index in [1.54, 1.807) is 24.4 Å². The summed E-state index contributed by atoms with van der Waals surface area (Å²) in [6.45, 7) is 0.500. The van der Waals surface area contributed by atoms with E-state index >= 15 is 0 Å². The van der Waals surface area contributed by atoms with E-state index in [9.17, 15) is 9.59 Å². The largest absolute Gasteiger partial charge is 0.481 e. The van der Waals surface area contributed by atoms with Crippen molar-refractivity contribution in [2.45, 2.75) is 6.42 Å². The fraction of sp³-hybridized carbons (Fsp3) is 0.267. The molecule has 0 saturated carbocycles. The van der Waals surface area contributed by atoms with Gasteiger partial charge in [0.2, 0.25) is 0 Å². The molecule has 0 saturated heterocycles. The molecule has 0 fully saturated rings. The zero-order valence-electron chi connectivity index (χ0n) is 12.2. The number of hydrogen-bond acceptors (Lipinski definition) is 5. The van der Waals surface area contributed by atoms with Gasteiger partial charge in [0.15, 0.2) is 0 Å². The van der Waals surface area contributed by atoms with Crippen molar-refractivity contribution in [2.75, 3.05) is 18.1 Å². The van der Waals surface area contributed by atoms with Crippen LogP contribution in [0.3, 0.4) is 0 Å². The second-order valence-corrected chi connectivity index (χ2v) is 7.32. The van der Waals surface area contributed by atoms with E-state index in [0.29, 0.717) is 29.2 Å². The number of nitrogens with one attached hydrogen (secondary N) is 2. The van der Waals surface area contributed by atoms with Crippen LogP contribution in [0, 0.1) is 11.3 Å². The van der Waals surface area contributed by atoms with Gasteiger partial charge in [-0.05, 0) is 18.2 Å². The van der Waals surface area contributed by atoms with Crippen LogP contribution in [-0.2, 0) is 4.79 Å². The molecule has 0 spiro atoms. The van der Waals surface area contributed by atoms with Gasteiger partial charge in [-0.2, -0.15) is 5.26 Å². The van der Waals surface area contributed by atoms with E-state index in [1.807, 2.05) is 0 Å². The Balaban J connectivity index is 1.80. The average Bonchev–Trinajstić information content (AvgIpc) is 2.95. The average molecular weight is 349 g/mol. The van der Waals surface area contributed by atoms with E-state index in [-0.39, 0.29) is 12.3 Å². The van der Waals surface area contributed by atoms with Crippen LogP contribution in [0.1, 0.15) is 22.3 Å². The van der Waals surface area contributed by atoms with Gasteiger partial charge in [-0.15, -0.1) is 0 Å². The minimum Gasteiger partial charge on any atom is -0.481 e. The van der Waals surface area contributed by atoms with Crippen molar-refractivity contribution < 1.29 is 14.7 Å². The molecule has 8 heteroatoms. The third kappa shape index (κ3) is 4.94. The number of aromatic nitrogens is 1. The summed E-state index contributed by atoms with van der Waals surface area (Å²) in [5.41, 5.74) is 1.85. The number of carboxylic acid groups (broad SMARTS) is 1. The van der Waals surface area contributed by atoms with Gasteiger partial charge in [0.05, 0.1) is 12.0 Å². The van der Waals surface area contributed by atoms with Crippen LogP contribution in [0.25, 0.3) is 10.9 Å². The molecule has 0 aliphatic carbocycles. The number of carbonyl (C=O) groups is 2. The lowest BCUT2D eigenvalue weighted by Crippen LogP contribution is -2.25. The normalized spacial score (nSPS) is 10.4. The van der Waals surface area contributed by atoms with Gasteiger partial charge in [-0.3, -0.25) is 9.59 Å². The predicted molar refractivity (Wildman–Crippen MR) is 92.5 cm³/mol. The molecule has 3 N–H and O–H groups in total. The Hall–Kier alpha value is -2.11. The summed E-state index contributed by atoms with van der Waals surface area (Å²) in [6, 6.07) is 7.28. The molecule has 0 aliphatic heterocycles. The number of carbonyl (C=O) groups excluding carboxylic acids is 1. The summed E-state index contributed by atoms with van der Waals surface area (Å²) in [6.07, 6.45) is 1.76. The molecular formula is C15H15N3O3S2. The van der Waals surface area contributed by atoms with E-state index in [1.165, 1.54) is 21.6 Å². The third-order valence-electron chi connectivity index (χ3n) is 3.02. The highest BCUT2D eigenvalue weighted by Crippen LogP contribution is 2.21. The molecule has 1 heterocycles. The lowest BCUT2D eigenvalue weighted by Gasteiger charge is -2.05. The minimum absolute atomic E-state index is 0.141. The van der Waals surface area contributed by atoms with Crippen molar-refractivity contribution in [3.8, 4) is 6.07 Å². The van der Waals surface area contributed by atoms with Crippen LogP contribution >= 0.6 is 21.6 Å². The van der Waals surface area contributed by atoms with Crippen LogP contribution in [0.2, 0.25) is 0 Å². The fourth-order valence-corrected chi connectivity index (χ4v) is 3.80. The molecule has 2 rings (SSSR count). The second-order valence-electron chi connectivity index (χ2n) is 4.62. The summed E-state index contributed by atoms with van der Waals surface area (Å²) in [7, 11) is 3.01. The van der Waals surface area contributed by atoms with Crippen molar-refractivity contribution in [1.82, 2.24) is 10.3 Å². The van der Waals surface area contributed by atoms with Crippen molar-refractivity contribution >= 4 is 44.4 Å². The van der Waals surface area contributed by atoms with Crippen molar-refractivity contribution in [1.29, 1.82) is 5.26 Å². The molecule has 0 unspecified atom stereocenters. The van der Waals surface area contributed by atoms with Gasteiger partial charge in [0.25, 0.3) is 5.91 Å². The second kappa shape index (κ2) is 8.50. The SMILES string of the molecule is N#Cc1c[nH]c2ccc(C(=O)NCCSSCCC(=O)O)cc12. The van der Waals surface area contributed by atoms with Crippen molar-refractivity contribution in [2.24, 2.45) is 0 Å². The zero-order valence-corrected chi connectivity index (χ0v) is 13.8. The number of H-pyrrole nitrogens is 1. The van der Waals surface area contributed by atoms with E-state index in [0.717, 1.165) is 10.9 Å². The minimum atomic E-state index is -0.803. The number of rotatable bonds is 8. The van der Waals surface area contributed by atoms with Crippen LogP contribution in [0.4, 0.5) is 0 Å². The van der Waals surface area contributed by atoms with Gasteiger partial charge in [-0.1, -0.05) is 21.6 Å². The molecule has 0 bridgehead atoms. The lowest BCUT2D eigenvalue weighted by molar-refractivity contribution is -0.136. The highest BCUT2D eigenvalue weighted by Gasteiger charge is 2.09. The number of nitrogens with zero attached hydrogens (tertiary/aromatic N) is 1. The number of fused-ring (bicyclic) bond motifs is 1.